The molecule has 0 unspecified atom stereocenters. The van der Waals surface area contributed by atoms with Gasteiger partial charge in [0.15, 0.2) is 5.84 Å². The van der Waals surface area contributed by atoms with Crippen molar-refractivity contribution in [3.63, 3.8) is 0 Å². The maximum absolute atomic E-state index is 13.1. The number of hydrogen-bond acceptors (Lipinski definition) is 4. The first-order valence-electron chi connectivity index (χ1n) is 7.82. The Balaban J connectivity index is 2.23. The number of likely N-dealkylation sites (N-methyl/N-ethyl adjacent to an activating group) is 1. The average molecular weight is 296 g/mol. The SMILES string of the molecule is CN1CCN(C(=O)C2(C(N)=NO)CCCCC2)CC1(C)C. The molecule has 0 aromatic rings. The number of piperazine rings is 1. The van der Waals surface area contributed by atoms with Crippen LogP contribution < -0.4 is 5.73 Å². The molecule has 6 heteroatoms. The molecule has 1 heterocycles. The number of carbonyl (C=O) groups is 1. The predicted octanol–water partition coefficient (Wildman–Crippen LogP) is 1.24. The molecule has 6 nitrogen and oxygen atoms in total. The lowest BCUT2D eigenvalue weighted by Crippen LogP contribution is -2.62. The van der Waals surface area contributed by atoms with E-state index in [1.807, 2.05) is 4.90 Å². The second kappa shape index (κ2) is 5.83. The molecule has 3 N–H and O–H groups in total. The van der Waals surface area contributed by atoms with Crippen LogP contribution in [0.4, 0.5) is 0 Å². The Morgan fingerprint density at radius 3 is 2.33 bits per heavy atom. The third-order valence-corrected chi connectivity index (χ3v) is 5.32. The Morgan fingerprint density at radius 1 is 1.19 bits per heavy atom. The number of amidine groups is 1. The Hall–Kier alpha value is -1.30. The molecule has 1 aliphatic carbocycles. The van der Waals surface area contributed by atoms with Gasteiger partial charge in [-0.15, -0.1) is 0 Å². The van der Waals surface area contributed by atoms with Crippen LogP contribution in [0.3, 0.4) is 0 Å². The molecule has 0 radical (unpaired) electrons. The lowest BCUT2D eigenvalue weighted by atomic mass is 9.71. The van der Waals surface area contributed by atoms with Crippen LogP contribution in [0.15, 0.2) is 5.16 Å². The Morgan fingerprint density at radius 2 is 1.81 bits per heavy atom. The molecule has 0 bridgehead atoms. The van der Waals surface area contributed by atoms with Crippen molar-refractivity contribution in [1.29, 1.82) is 0 Å². The van der Waals surface area contributed by atoms with Crippen molar-refractivity contribution in [1.82, 2.24) is 9.80 Å². The Labute approximate surface area is 127 Å². The first kappa shape index (κ1) is 16.1. The van der Waals surface area contributed by atoms with E-state index in [9.17, 15) is 4.79 Å². The lowest BCUT2D eigenvalue weighted by Gasteiger charge is -2.48. The van der Waals surface area contributed by atoms with E-state index in [0.717, 1.165) is 25.8 Å². The highest BCUT2D eigenvalue weighted by molar-refractivity contribution is 6.06. The zero-order valence-corrected chi connectivity index (χ0v) is 13.4. The molecule has 0 aromatic heterocycles. The van der Waals surface area contributed by atoms with Crippen LogP contribution in [0.5, 0.6) is 0 Å². The summed E-state index contributed by atoms with van der Waals surface area (Å²) < 4.78 is 0. The summed E-state index contributed by atoms with van der Waals surface area (Å²) in [7, 11) is 2.09. The molecule has 120 valence electrons. The lowest BCUT2D eigenvalue weighted by molar-refractivity contribution is -0.144. The van der Waals surface area contributed by atoms with Gasteiger partial charge in [0.1, 0.15) is 5.41 Å². The van der Waals surface area contributed by atoms with E-state index < -0.39 is 5.41 Å². The van der Waals surface area contributed by atoms with Crippen molar-refractivity contribution in [2.75, 3.05) is 26.7 Å². The van der Waals surface area contributed by atoms with Gasteiger partial charge < -0.3 is 15.8 Å². The molecule has 0 atom stereocenters. The molecule has 1 saturated carbocycles. The standard InChI is InChI=1S/C15H28N4O2/c1-14(2)11-19(10-9-18(14)3)13(20)15(12(16)17-21)7-5-4-6-8-15/h21H,4-11H2,1-3H3,(H2,16,17). The number of oxime groups is 1. The van der Waals surface area contributed by atoms with E-state index in [2.05, 4.69) is 31.0 Å². The summed E-state index contributed by atoms with van der Waals surface area (Å²) in [5.74, 6) is 0.127. The van der Waals surface area contributed by atoms with Crippen molar-refractivity contribution in [3.05, 3.63) is 0 Å². The van der Waals surface area contributed by atoms with Gasteiger partial charge in [-0.1, -0.05) is 24.4 Å². The zero-order chi connectivity index (χ0) is 15.7. The van der Waals surface area contributed by atoms with E-state index in [0.29, 0.717) is 25.9 Å². The van der Waals surface area contributed by atoms with Gasteiger partial charge in [-0.2, -0.15) is 0 Å². The monoisotopic (exact) mass is 296 g/mol. The number of amides is 1. The van der Waals surface area contributed by atoms with Gasteiger partial charge in [-0.25, -0.2) is 0 Å². The van der Waals surface area contributed by atoms with Gasteiger partial charge in [-0.3, -0.25) is 9.69 Å². The van der Waals surface area contributed by atoms with Crippen LogP contribution in [0.25, 0.3) is 0 Å². The summed E-state index contributed by atoms with van der Waals surface area (Å²) in [5.41, 5.74) is 5.09. The van der Waals surface area contributed by atoms with E-state index in [1.54, 1.807) is 0 Å². The summed E-state index contributed by atoms with van der Waals surface area (Å²) in [6.45, 7) is 6.53. The molecule has 21 heavy (non-hydrogen) atoms. The highest BCUT2D eigenvalue weighted by Gasteiger charge is 2.48. The molecular weight excluding hydrogens is 268 g/mol. The molecule has 2 rings (SSSR count). The van der Waals surface area contributed by atoms with Gasteiger partial charge in [0.05, 0.1) is 0 Å². The fourth-order valence-corrected chi connectivity index (χ4v) is 3.55. The minimum Gasteiger partial charge on any atom is -0.409 e. The maximum Gasteiger partial charge on any atom is 0.236 e. The maximum atomic E-state index is 13.1. The van der Waals surface area contributed by atoms with Gasteiger partial charge in [-0.05, 0) is 33.7 Å². The van der Waals surface area contributed by atoms with E-state index in [-0.39, 0.29) is 17.3 Å². The van der Waals surface area contributed by atoms with E-state index >= 15 is 0 Å². The van der Waals surface area contributed by atoms with Gasteiger partial charge in [0.25, 0.3) is 0 Å². The smallest absolute Gasteiger partial charge is 0.236 e. The minimum absolute atomic E-state index is 0.0404. The van der Waals surface area contributed by atoms with Crippen molar-refractivity contribution in [3.8, 4) is 0 Å². The molecule has 1 saturated heterocycles. The van der Waals surface area contributed by atoms with Crippen LogP contribution >= 0.6 is 0 Å². The summed E-state index contributed by atoms with van der Waals surface area (Å²) in [4.78, 5) is 17.3. The Bertz CT molecular complexity index is 427. The molecule has 0 aromatic carbocycles. The van der Waals surface area contributed by atoms with Crippen LogP contribution in [0.1, 0.15) is 46.0 Å². The zero-order valence-electron chi connectivity index (χ0n) is 13.4. The fourth-order valence-electron chi connectivity index (χ4n) is 3.55. The highest BCUT2D eigenvalue weighted by atomic mass is 16.4. The van der Waals surface area contributed by atoms with Gasteiger partial charge in [0, 0.05) is 25.2 Å². The van der Waals surface area contributed by atoms with Gasteiger partial charge >= 0.3 is 0 Å². The summed E-state index contributed by atoms with van der Waals surface area (Å²) in [5, 5.41) is 12.3. The van der Waals surface area contributed by atoms with Crippen molar-refractivity contribution in [2.24, 2.45) is 16.3 Å². The second-order valence-corrected chi connectivity index (χ2v) is 7.09. The van der Waals surface area contributed by atoms with E-state index in [4.69, 9.17) is 10.9 Å². The quantitative estimate of drug-likeness (QED) is 0.347. The van der Waals surface area contributed by atoms with Crippen molar-refractivity contribution >= 4 is 11.7 Å². The van der Waals surface area contributed by atoms with Crippen LogP contribution in [0.2, 0.25) is 0 Å². The molecule has 1 amide bonds. The first-order chi connectivity index (χ1) is 9.83. The third-order valence-electron chi connectivity index (χ3n) is 5.32. The van der Waals surface area contributed by atoms with Crippen LogP contribution in [0, 0.1) is 5.41 Å². The molecule has 2 fully saturated rings. The predicted molar refractivity (Wildman–Crippen MR) is 82.2 cm³/mol. The fraction of sp³-hybridized carbons (Fsp3) is 0.867. The van der Waals surface area contributed by atoms with E-state index in [1.165, 1.54) is 0 Å². The normalized spacial score (nSPS) is 26.6. The number of rotatable bonds is 2. The topological polar surface area (TPSA) is 82.2 Å². The van der Waals surface area contributed by atoms with Crippen molar-refractivity contribution < 1.29 is 10.0 Å². The number of hydrogen-bond donors (Lipinski definition) is 2. The third kappa shape index (κ3) is 2.86. The minimum atomic E-state index is -0.793. The molecular formula is C15H28N4O2. The van der Waals surface area contributed by atoms with Crippen LogP contribution in [-0.4, -0.2) is 59.0 Å². The largest absolute Gasteiger partial charge is 0.409 e. The summed E-state index contributed by atoms with van der Waals surface area (Å²) in [6.07, 6.45) is 4.41. The average Bonchev–Trinajstić information content (AvgIpc) is 2.49. The second-order valence-electron chi connectivity index (χ2n) is 7.09. The summed E-state index contributed by atoms with van der Waals surface area (Å²) in [6, 6.07) is 0. The molecule has 1 aliphatic heterocycles. The van der Waals surface area contributed by atoms with Crippen molar-refractivity contribution in [2.45, 2.75) is 51.5 Å². The van der Waals surface area contributed by atoms with Crippen LogP contribution in [-0.2, 0) is 4.79 Å². The first-order valence-corrected chi connectivity index (χ1v) is 7.82. The molecule has 2 aliphatic rings. The number of nitrogens with two attached hydrogens (primary N) is 1. The number of carbonyl (C=O) groups excluding carboxylic acids is 1. The highest BCUT2D eigenvalue weighted by Crippen LogP contribution is 2.39. The Kier molecular flexibility index (Phi) is 4.46. The molecule has 0 spiro atoms. The number of nitrogens with zero attached hydrogens (tertiary/aromatic N) is 3. The summed E-state index contributed by atoms with van der Waals surface area (Å²) >= 11 is 0. The van der Waals surface area contributed by atoms with Gasteiger partial charge in [0.2, 0.25) is 5.91 Å².